The second-order valence-corrected chi connectivity index (χ2v) is 5.11. The molecule has 0 fully saturated rings. The SMILES string of the molecule is [Br-].[CH2-]CC[SiH](C)OC(C)C.[Mg+2]. The third kappa shape index (κ3) is 14.3. The van der Waals surface area contributed by atoms with Crippen molar-refractivity contribution in [3.8, 4) is 0 Å². The van der Waals surface area contributed by atoms with Gasteiger partial charge < -0.3 is 28.3 Å². The molecule has 1 atom stereocenters. The van der Waals surface area contributed by atoms with Crippen LogP contribution in [-0.4, -0.2) is 38.2 Å². The average Bonchev–Trinajstić information content (AvgIpc) is 1.63. The molecule has 0 amide bonds. The predicted molar refractivity (Wildman–Crippen MR) is 49.8 cm³/mol. The van der Waals surface area contributed by atoms with Gasteiger partial charge >= 0.3 is 23.1 Å². The van der Waals surface area contributed by atoms with E-state index in [9.17, 15) is 0 Å². The molecule has 1 nitrogen and oxygen atoms in total. The van der Waals surface area contributed by atoms with Crippen molar-refractivity contribution in [1.82, 2.24) is 0 Å². The normalized spacial score (nSPS) is 11.7. The van der Waals surface area contributed by atoms with Crippen molar-refractivity contribution >= 4 is 32.1 Å². The number of rotatable bonds is 4. The predicted octanol–water partition coefficient (Wildman–Crippen LogP) is -1.39. The molecule has 1 unspecified atom stereocenters. The maximum Gasteiger partial charge on any atom is 2.00 e. The van der Waals surface area contributed by atoms with Crippen LogP contribution in [0.25, 0.3) is 0 Å². The minimum Gasteiger partial charge on any atom is -1.00 e. The second kappa shape index (κ2) is 11.4. The van der Waals surface area contributed by atoms with Crippen LogP contribution in [0.3, 0.4) is 0 Å². The van der Waals surface area contributed by atoms with E-state index in [0.29, 0.717) is 6.10 Å². The van der Waals surface area contributed by atoms with E-state index in [4.69, 9.17) is 4.43 Å². The van der Waals surface area contributed by atoms with E-state index in [1.165, 1.54) is 6.04 Å². The van der Waals surface area contributed by atoms with Crippen molar-refractivity contribution in [2.24, 2.45) is 0 Å². The van der Waals surface area contributed by atoms with Crippen LogP contribution >= 0.6 is 0 Å². The molecule has 0 aromatic rings. The van der Waals surface area contributed by atoms with Gasteiger partial charge in [-0.1, -0.05) is 6.04 Å². The van der Waals surface area contributed by atoms with E-state index < -0.39 is 9.04 Å². The third-order valence-corrected chi connectivity index (χ3v) is 3.35. The number of halogens is 1. The van der Waals surface area contributed by atoms with Gasteiger partial charge in [-0.15, -0.1) is 0 Å². The molecule has 64 valence electrons. The average molecular weight is 250 g/mol. The largest absolute Gasteiger partial charge is 2.00 e. The zero-order chi connectivity index (χ0) is 7.28. The Hall–Kier alpha value is 1.42. The molecule has 0 aromatic carbocycles. The summed E-state index contributed by atoms with van der Waals surface area (Å²) in [5.41, 5.74) is 0. The van der Waals surface area contributed by atoms with Gasteiger partial charge in [-0.05, 0) is 20.4 Å². The maximum atomic E-state index is 5.59. The van der Waals surface area contributed by atoms with Crippen molar-refractivity contribution in [3.05, 3.63) is 6.92 Å². The van der Waals surface area contributed by atoms with Crippen LogP contribution in [0.2, 0.25) is 12.6 Å². The van der Waals surface area contributed by atoms with Crippen molar-refractivity contribution in [2.75, 3.05) is 0 Å². The summed E-state index contributed by atoms with van der Waals surface area (Å²) >= 11 is 0. The molecule has 11 heavy (non-hydrogen) atoms. The Morgan fingerprint density at radius 2 is 1.91 bits per heavy atom. The van der Waals surface area contributed by atoms with E-state index in [1.807, 2.05) is 0 Å². The first kappa shape index (κ1) is 18.3. The van der Waals surface area contributed by atoms with Gasteiger partial charge in [0.05, 0.1) is 0 Å². The Morgan fingerprint density at radius 1 is 1.45 bits per heavy atom. The Morgan fingerprint density at radius 3 is 2.18 bits per heavy atom. The van der Waals surface area contributed by atoms with E-state index in [2.05, 4.69) is 27.3 Å². The fraction of sp³-hybridized carbons (Fsp3) is 0.857. The van der Waals surface area contributed by atoms with Crippen LogP contribution in [0.4, 0.5) is 0 Å². The molecule has 0 spiro atoms. The maximum absolute atomic E-state index is 5.59. The van der Waals surface area contributed by atoms with E-state index in [1.54, 1.807) is 0 Å². The van der Waals surface area contributed by atoms with E-state index in [-0.39, 0.29) is 40.0 Å². The van der Waals surface area contributed by atoms with Crippen LogP contribution in [0.15, 0.2) is 0 Å². The topological polar surface area (TPSA) is 9.23 Å². The van der Waals surface area contributed by atoms with Crippen LogP contribution in [0.5, 0.6) is 0 Å². The molecule has 0 aromatic heterocycles. The van der Waals surface area contributed by atoms with Crippen LogP contribution in [0, 0.1) is 6.92 Å². The van der Waals surface area contributed by atoms with Gasteiger partial charge in [-0.25, -0.2) is 0 Å². The third-order valence-electron chi connectivity index (χ3n) is 1.12. The van der Waals surface area contributed by atoms with Gasteiger partial charge in [0.2, 0.25) is 0 Å². The Bertz CT molecular complexity index is 73.5. The molecular weight excluding hydrogens is 232 g/mol. The summed E-state index contributed by atoms with van der Waals surface area (Å²) in [7, 11) is -0.823. The molecular formula is C7H17BrMgOSi. The molecule has 0 aliphatic heterocycles. The van der Waals surface area contributed by atoms with Crippen molar-refractivity contribution in [2.45, 2.75) is 39.0 Å². The Kier molecular flexibility index (Phi) is 19.0. The smallest absolute Gasteiger partial charge is 1.00 e. The first-order valence-corrected chi connectivity index (χ1v) is 6.05. The second-order valence-electron chi connectivity index (χ2n) is 2.64. The summed E-state index contributed by atoms with van der Waals surface area (Å²) in [5.74, 6) is 0. The molecule has 0 saturated carbocycles. The molecule has 0 saturated heterocycles. The van der Waals surface area contributed by atoms with Crippen molar-refractivity contribution < 1.29 is 21.4 Å². The standard InChI is InChI=1S/C7H17OSi.BrH.Mg/c1-5-6-9(4)8-7(2)3;;/h7,9H,1,5-6H2,2-4H3;1H;/q-1;;+2/p-1. The molecule has 0 rings (SSSR count). The fourth-order valence-corrected chi connectivity index (χ4v) is 2.46. The Labute approximate surface area is 98.9 Å². The number of hydrogen-bond acceptors (Lipinski definition) is 1. The summed E-state index contributed by atoms with van der Waals surface area (Å²) in [6.07, 6.45) is 1.44. The van der Waals surface area contributed by atoms with Gasteiger partial charge in [0.15, 0.2) is 9.04 Å². The summed E-state index contributed by atoms with van der Waals surface area (Å²) in [5, 5.41) is 0. The van der Waals surface area contributed by atoms with Crippen LogP contribution in [0.1, 0.15) is 20.3 Å². The number of hydrogen-bond donors (Lipinski definition) is 0. The van der Waals surface area contributed by atoms with Gasteiger partial charge in [0, 0.05) is 6.10 Å². The van der Waals surface area contributed by atoms with Gasteiger partial charge in [-0.2, -0.15) is 6.42 Å². The van der Waals surface area contributed by atoms with Crippen LogP contribution < -0.4 is 17.0 Å². The van der Waals surface area contributed by atoms with E-state index >= 15 is 0 Å². The van der Waals surface area contributed by atoms with Gasteiger partial charge in [-0.3, -0.25) is 0 Å². The van der Waals surface area contributed by atoms with Crippen LogP contribution in [-0.2, 0) is 4.43 Å². The minimum atomic E-state index is -0.823. The van der Waals surface area contributed by atoms with Crippen molar-refractivity contribution in [3.63, 3.8) is 0 Å². The minimum absolute atomic E-state index is 0. The molecule has 0 bridgehead atoms. The first-order chi connectivity index (χ1) is 4.16. The van der Waals surface area contributed by atoms with E-state index in [0.717, 1.165) is 6.42 Å². The zero-order valence-electron chi connectivity index (χ0n) is 7.77. The molecule has 0 heterocycles. The summed E-state index contributed by atoms with van der Waals surface area (Å²) in [6, 6.07) is 1.21. The fourth-order valence-electron chi connectivity index (χ4n) is 0.820. The summed E-state index contributed by atoms with van der Waals surface area (Å²) in [4.78, 5) is 0. The quantitative estimate of drug-likeness (QED) is 0.440. The first-order valence-electron chi connectivity index (χ1n) is 3.61. The molecule has 0 aliphatic rings. The molecule has 4 heteroatoms. The summed E-state index contributed by atoms with van der Waals surface area (Å²) in [6.45, 7) is 10.2. The summed E-state index contributed by atoms with van der Waals surface area (Å²) < 4.78 is 5.59. The monoisotopic (exact) mass is 248 g/mol. The molecule has 0 N–H and O–H groups in total. The molecule has 0 radical (unpaired) electrons. The van der Waals surface area contributed by atoms with Crippen molar-refractivity contribution in [1.29, 1.82) is 0 Å². The van der Waals surface area contributed by atoms with Gasteiger partial charge in [0.25, 0.3) is 0 Å². The van der Waals surface area contributed by atoms with Gasteiger partial charge in [0.1, 0.15) is 0 Å². The Balaban J connectivity index is -0.000000320. The zero-order valence-corrected chi connectivity index (χ0v) is 11.9. The molecule has 0 aliphatic carbocycles.